The van der Waals surface area contributed by atoms with E-state index in [0.29, 0.717) is 12.3 Å². The van der Waals surface area contributed by atoms with Crippen LogP contribution in [0.25, 0.3) is 0 Å². The van der Waals surface area contributed by atoms with Gasteiger partial charge in [-0.3, -0.25) is 0 Å². The molecule has 0 saturated carbocycles. The molecule has 0 aliphatic carbocycles. The number of hydrogen-bond donors (Lipinski definition) is 1. The second-order valence-electron chi connectivity index (χ2n) is 4.62. The fourth-order valence-electron chi connectivity index (χ4n) is 1.89. The first-order chi connectivity index (χ1) is 9.10. The van der Waals surface area contributed by atoms with Crippen LogP contribution in [0.2, 0.25) is 0 Å². The quantitative estimate of drug-likeness (QED) is 0.914. The van der Waals surface area contributed by atoms with Gasteiger partial charge in [0.2, 0.25) is 5.88 Å². The number of aromatic nitrogens is 2. The second kappa shape index (κ2) is 5.80. The van der Waals surface area contributed by atoms with E-state index in [4.69, 9.17) is 4.74 Å². The SMILES string of the molecule is COc1cc(CC(O)c2ccc(C)c(C)c2)ncn1. The van der Waals surface area contributed by atoms with Crippen molar-refractivity contribution in [1.29, 1.82) is 0 Å². The lowest BCUT2D eigenvalue weighted by atomic mass is 10.00. The predicted octanol–water partition coefficient (Wildman–Crippen LogP) is 2.38. The van der Waals surface area contributed by atoms with Crippen molar-refractivity contribution in [3.05, 3.63) is 53.0 Å². The molecule has 1 unspecified atom stereocenters. The third kappa shape index (κ3) is 3.29. The van der Waals surface area contributed by atoms with Gasteiger partial charge in [0, 0.05) is 12.5 Å². The van der Waals surface area contributed by atoms with Crippen molar-refractivity contribution >= 4 is 0 Å². The van der Waals surface area contributed by atoms with Crippen LogP contribution in [0.15, 0.2) is 30.6 Å². The summed E-state index contributed by atoms with van der Waals surface area (Å²) in [5.41, 5.74) is 4.06. The lowest BCUT2D eigenvalue weighted by molar-refractivity contribution is 0.177. The summed E-state index contributed by atoms with van der Waals surface area (Å²) in [6, 6.07) is 7.72. The maximum Gasteiger partial charge on any atom is 0.216 e. The highest BCUT2D eigenvalue weighted by molar-refractivity contribution is 5.31. The molecule has 1 atom stereocenters. The molecule has 0 aliphatic rings. The largest absolute Gasteiger partial charge is 0.481 e. The van der Waals surface area contributed by atoms with Crippen LogP contribution in [-0.4, -0.2) is 22.2 Å². The Hall–Kier alpha value is -1.94. The fourth-order valence-corrected chi connectivity index (χ4v) is 1.89. The Morgan fingerprint density at radius 2 is 1.95 bits per heavy atom. The molecule has 0 bridgehead atoms. The summed E-state index contributed by atoms with van der Waals surface area (Å²) in [5.74, 6) is 0.511. The van der Waals surface area contributed by atoms with Gasteiger partial charge in [-0.1, -0.05) is 18.2 Å². The van der Waals surface area contributed by atoms with E-state index in [0.717, 1.165) is 11.3 Å². The monoisotopic (exact) mass is 258 g/mol. The van der Waals surface area contributed by atoms with E-state index in [-0.39, 0.29) is 0 Å². The van der Waals surface area contributed by atoms with E-state index in [1.807, 2.05) is 25.1 Å². The Kier molecular flexibility index (Phi) is 4.12. The second-order valence-corrected chi connectivity index (χ2v) is 4.62. The number of aliphatic hydroxyl groups is 1. The number of rotatable bonds is 4. The molecule has 0 radical (unpaired) electrons. The highest BCUT2D eigenvalue weighted by Crippen LogP contribution is 2.21. The molecule has 2 rings (SSSR count). The van der Waals surface area contributed by atoms with Gasteiger partial charge in [0.1, 0.15) is 6.33 Å². The maximum atomic E-state index is 10.3. The van der Waals surface area contributed by atoms with Gasteiger partial charge in [0.05, 0.1) is 18.9 Å². The smallest absolute Gasteiger partial charge is 0.216 e. The molecule has 0 spiro atoms. The van der Waals surface area contributed by atoms with Crippen molar-refractivity contribution in [2.24, 2.45) is 0 Å². The Morgan fingerprint density at radius 3 is 2.63 bits per heavy atom. The molecule has 1 heterocycles. The van der Waals surface area contributed by atoms with E-state index >= 15 is 0 Å². The number of nitrogens with zero attached hydrogens (tertiary/aromatic N) is 2. The van der Waals surface area contributed by atoms with Crippen LogP contribution < -0.4 is 4.74 Å². The molecule has 0 amide bonds. The van der Waals surface area contributed by atoms with E-state index in [9.17, 15) is 5.11 Å². The van der Waals surface area contributed by atoms with Crippen molar-refractivity contribution in [3.8, 4) is 5.88 Å². The minimum Gasteiger partial charge on any atom is -0.481 e. The molecule has 19 heavy (non-hydrogen) atoms. The number of aryl methyl sites for hydroxylation is 2. The normalized spacial score (nSPS) is 12.2. The highest BCUT2D eigenvalue weighted by atomic mass is 16.5. The first kappa shape index (κ1) is 13.5. The topological polar surface area (TPSA) is 55.2 Å². The number of hydrogen-bond acceptors (Lipinski definition) is 4. The van der Waals surface area contributed by atoms with Gasteiger partial charge in [0.25, 0.3) is 0 Å². The molecule has 1 aromatic carbocycles. The third-order valence-electron chi connectivity index (χ3n) is 3.23. The molecule has 4 heteroatoms. The van der Waals surface area contributed by atoms with E-state index in [1.54, 1.807) is 13.2 Å². The molecule has 1 N–H and O–H groups in total. The maximum absolute atomic E-state index is 10.3. The van der Waals surface area contributed by atoms with Crippen LogP contribution >= 0.6 is 0 Å². The standard InChI is InChI=1S/C15H18N2O2/c1-10-4-5-12(6-11(10)2)14(18)7-13-8-15(19-3)17-9-16-13/h4-6,8-9,14,18H,7H2,1-3H3. The van der Waals surface area contributed by atoms with Crippen molar-refractivity contribution in [1.82, 2.24) is 9.97 Å². The van der Waals surface area contributed by atoms with Crippen LogP contribution in [0.5, 0.6) is 5.88 Å². The van der Waals surface area contributed by atoms with E-state index < -0.39 is 6.10 Å². The number of benzene rings is 1. The minimum atomic E-state index is -0.570. The summed E-state index contributed by atoms with van der Waals surface area (Å²) < 4.78 is 5.04. The molecular weight excluding hydrogens is 240 g/mol. The van der Waals surface area contributed by atoms with E-state index in [1.165, 1.54) is 17.5 Å². The van der Waals surface area contributed by atoms with Crippen LogP contribution in [0.4, 0.5) is 0 Å². The molecule has 0 saturated heterocycles. The Morgan fingerprint density at radius 1 is 1.16 bits per heavy atom. The minimum absolute atomic E-state index is 0.446. The predicted molar refractivity (Wildman–Crippen MR) is 73.2 cm³/mol. The van der Waals surface area contributed by atoms with Gasteiger partial charge in [0.15, 0.2) is 0 Å². The number of methoxy groups -OCH3 is 1. The first-order valence-corrected chi connectivity index (χ1v) is 6.20. The van der Waals surface area contributed by atoms with Crippen molar-refractivity contribution in [2.75, 3.05) is 7.11 Å². The van der Waals surface area contributed by atoms with Crippen molar-refractivity contribution in [3.63, 3.8) is 0 Å². The summed E-state index contributed by atoms with van der Waals surface area (Å²) in [5, 5.41) is 10.3. The van der Waals surface area contributed by atoms with Gasteiger partial charge >= 0.3 is 0 Å². The van der Waals surface area contributed by atoms with Gasteiger partial charge in [-0.2, -0.15) is 0 Å². The van der Waals surface area contributed by atoms with Crippen molar-refractivity contribution < 1.29 is 9.84 Å². The fraction of sp³-hybridized carbons (Fsp3) is 0.333. The molecular formula is C15H18N2O2. The van der Waals surface area contributed by atoms with E-state index in [2.05, 4.69) is 16.9 Å². The lowest BCUT2D eigenvalue weighted by Crippen LogP contribution is -2.05. The first-order valence-electron chi connectivity index (χ1n) is 6.20. The molecule has 1 aromatic heterocycles. The summed E-state index contributed by atoms with van der Waals surface area (Å²) in [6.07, 6.45) is 1.32. The summed E-state index contributed by atoms with van der Waals surface area (Å²) in [4.78, 5) is 8.09. The van der Waals surface area contributed by atoms with Crippen LogP contribution in [0, 0.1) is 13.8 Å². The average Bonchev–Trinajstić information content (AvgIpc) is 2.42. The number of aliphatic hydroxyl groups excluding tert-OH is 1. The molecule has 4 nitrogen and oxygen atoms in total. The highest BCUT2D eigenvalue weighted by Gasteiger charge is 2.11. The molecule has 2 aromatic rings. The van der Waals surface area contributed by atoms with Crippen molar-refractivity contribution in [2.45, 2.75) is 26.4 Å². The zero-order valence-electron chi connectivity index (χ0n) is 11.4. The lowest BCUT2D eigenvalue weighted by Gasteiger charge is -2.12. The van der Waals surface area contributed by atoms with Crippen LogP contribution in [0.1, 0.15) is 28.5 Å². The van der Waals surface area contributed by atoms with Crippen LogP contribution in [-0.2, 0) is 6.42 Å². The van der Waals surface area contributed by atoms with Gasteiger partial charge in [-0.05, 0) is 30.5 Å². The summed E-state index contributed by atoms with van der Waals surface area (Å²) in [6.45, 7) is 4.10. The third-order valence-corrected chi connectivity index (χ3v) is 3.23. The summed E-state index contributed by atoms with van der Waals surface area (Å²) in [7, 11) is 1.56. The van der Waals surface area contributed by atoms with Gasteiger partial charge < -0.3 is 9.84 Å². The Balaban J connectivity index is 2.15. The van der Waals surface area contributed by atoms with Crippen LogP contribution in [0.3, 0.4) is 0 Å². The summed E-state index contributed by atoms with van der Waals surface area (Å²) >= 11 is 0. The molecule has 0 aliphatic heterocycles. The van der Waals surface area contributed by atoms with Gasteiger partial charge in [-0.15, -0.1) is 0 Å². The van der Waals surface area contributed by atoms with Gasteiger partial charge in [-0.25, -0.2) is 9.97 Å². The molecule has 100 valence electrons. The average molecular weight is 258 g/mol. The Labute approximate surface area is 113 Å². The zero-order valence-corrected chi connectivity index (χ0v) is 11.4. The number of ether oxygens (including phenoxy) is 1. The Bertz CT molecular complexity index is 570. The zero-order chi connectivity index (χ0) is 13.8. The molecule has 0 fully saturated rings.